The van der Waals surface area contributed by atoms with Crippen LogP contribution in [-0.4, -0.2) is 43.2 Å². The van der Waals surface area contributed by atoms with Gasteiger partial charge in [-0.2, -0.15) is 18.4 Å². The fourth-order valence-electron chi connectivity index (χ4n) is 1.54. The van der Waals surface area contributed by atoms with Crippen molar-refractivity contribution in [2.75, 3.05) is 11.9 Å². The lowest BCUT2D eigenvalue weighted by molar-refractivity contribution is -0.141. The highest BCUT2D eigenvalue weighted by Crippen LogP contribution is 2.27. The van der Waals surface area contributed by atoms with Gasteiger partial charge in [0.15, 0.2) is 0 Å². The summed E-state index contributed by atoms with van der Waals surface area (Å²) < 4.78 is 37.9. The van der Waals surface area contributed by atoms with Crippen LogP contribution in [0.15, 0.2) is 6.07 Å². The Labute approximate surface area is 121 Å². The summed E-state index contributed by atoms with van der Waals surface area (Å²) in [4.78, 5) is 18.8. The van der Waals surface area contributed by atoms with E-state index in [1.807, 2.05) is 0 Å². The highest BCUT2D eigenvalue weighted by Gasteiger charge is 2.33. The van der Waals surface area contributed by atoms with Gasteiger partial charge in [0.2, 0.25) is 0 Å². The average molecular weight is 316 g/mol. The second-order valence-electron chi connectivity index (χ2n) is 4.17. The number of H-pyrrole nitrogens is 1. The minimum atomic E-state index is -4.54. The summed E-state index contributed by atoms with van der Waals surface area (Å²) in [5.41, 5.74) is -0.806. The number of rotatable bonds is 4. The van der Waals surface area contributed by atoms with Crippen molar-refractivity contribution in [3.8, 4) is 0 Å². The fraction of sp³-hybridized carbons (Fsp3) is 0.400. The number of amides is 2. The van der Waals surface area contributed by atoms with Gasteiger partial charge in [0.25, 0.3) is 5.95 Å². The molecular weight excluding hydrogens is 305 g/mol. The highest BCUT2D eigenvalue weighted by molar-refractivity contribution is 5.87. The molecule has 3 N–H and O–H groups in total. The molecule has 0 aliphatic rings. The number of halogens is 3. The Morgan fingerprint density at radius 2 is 2.14 bits per heavy atom. The van der Waals surface area contributed by atoms with E-state index in [9.17, 15) is 18.0 Å². The van der Waals surface area contributed by atoms with Crippen molar-refractivity contribution in [1.82, 2.24) is 35.9 Å². The molecule has 2 aromatic heterocycles. The lowest BCUT2D eigenvalue weighted by Gasteiger charge is -2.09. The van der Waals surface area contributed by atoms with Gasteiger partial charge in [-0.15, -0.1) is 5.10 Å². The molecule has 0 unspecified atom stereocenters. The van der Waals surface area contributed by atoms with E-state index in [-0.39, 0.29) is 30.4 Å². The number of urea groups is 1. The van der Waals surface area contributed by atoms with Crippen LogP contribution < -0.4 is 10.6 Å². The van der Waals surface area contributed by atoms with E-state index in [1.165, 1.54) is 6.92 Å². The topological polar surface area (TPSA) is 121 Å². The third-order valence-electron chi connectivity index (χ3n) is 2.40. The second kappa shape index (κ2) is 6.32. The number of carbonyl (C=O) groups excluding carboxylic acids is 1. The van der Waals surface area contributed by atoms with Crippen molar-refractivity contribution in [3.05, 3.63) is 23.3 Å². The molecule has 0 radical (unpaired) electrons. The first-order chi connectivity index (χ1) is 10.3. The first-order valence-electron chi connectivity index (χ1n) is 6.04. The molecule has 0 aliphatic carbocycles. The molecule has 0 spiro atoms. The third kappa shape index (κ3) is 4.36. The van der Waals surface area contributed by atoms with Crippen LogP contribution in [0.2, 0.25) is 0 Å². The maximum atomic E-state index is 12.6. The quantitative estimate of drug-likeness (QED) is 0.762. The molecular formula is C10H11F3N8O. The minimum absolute atomic E-state index is 0.00724. The molecule has 12 heteroatoms. The van der Waals surface area contributed by atoms with Gasteiger partial charge in [-0.3, -0.25) is 5.32 Å². The molecule has 9 nitrogen and oxygen atoms in total. The van der Waals surface area contributed by atoms with Crippen LogP contribution >= 0.6 is 0 Å². The van der Waals surface area contributed by atoms with Crippen LogP contribution in [-0.2, 0) is 12.6 Å². The summed E-state index contributed by atoms with van der Waals surface area (Å²) in [7, 11) is 0. The van der Waals surface area contributed by atoms with E-state index in [4.69, 9.17) is 0 Å². The molecule has 0 bridgehead atoms. The van der Waals surface area contributed by atoms with Crippen molar-refractivity contribution in [3.63, 3.8) is 0 Å². The zero-order valence-corrected chi connectivity index (χ0v) is 11.3. The Bertz CT molecular complexity index is 642. The number of carbonyl (C=O) groups is 1. The number of aromatic amines is 1. The minimum Gasteiger partial charge on any atom is -0.337 e. The number of aromatic nitrogens is 6. The molecule has 0 fully saturated rings. The van der Waals surface area contributed by atoms with Crippen LogP contribution in [0, 0.1) is 6.92 Å². The van der Waals surface area contributed by atoms with E-state index < -0.39 is 17.9 Å². The van der Waals surface area contributed by atoms with E-state index in [0.717, 1.165) is 6.07 Å². The summed E-state index contributed by atoms with van der Waals surface area (Å²) in [5, 5.41) is 17.1. The van der Waals surface area contributed by atoms with Gasteiger partial charge in [0, 0.05) is 18.7 Å². The standard InChI is InChI=1S/C10H11F3N8O/c1-5-4-6(10(11,12)13)16-7(15-5)2-3-14-9(22)17-8-18-20-21-19-8/h4H,2-3H2,1H3,(H3,14,17,18,19,20,21,22). The molecule has 22 heavy (non-hydrogen) atoms. The molecule has 2 heterocycles. The van der Waals surface area contributed by atoms with Crippen LogP contribution in [0.1, 0.15) is 17.2 Å². The van der Waals surface area contributed by atoms with Crippen molar-refractivity contribution in [2.45, 2.75) is 19.5 Å². The maximum Gasteiger partial charge on any atom is 0.433 e. The lowest BCUT2D eigenvalue weighted by atomic mass is 10.3. The Morgan fingerprint density at radius 3 is 2.77 bits per heavy atom. The average Bonchev–Trinajstić information content (AvgIpc) is 2.90. The number of alkyl halides is 3. The molecule has 0 saturated carbocycles. The lowest BCUT2D eigenvalue weighted by Crippen LogP contribution is -2.31. The van der Waals surface area contributed by atoms with Crippen molar-refractivity contribution in [1.29, 1.82) is 0 Å². The molecule has 0 atom stereocenters. The van der Waals surface area contributed by atoms with Gasteiger partial charge < -0.3 is 5.32 Å². The first kappa shape index (κ1) is 15.6. The number of nitrogens with zero attached hydrogens (tertiary/aromatic N) is 5. The van der Waals surface area contributed by atoms with Gasteiger partial charge in [-0.1, -0.05) is 5.10 Å². The van der Waals surface area contributed by atoms with Crippen LogP contribution in [0.5, 0.6) is 0 Å². The zero-order valence-electron chi connectivity index (χ0n) is 11.3. The number of tetrazole rings is 1. The predicted octanol–water partition coefficient (Wildman–Crippen LogP) is 0.681. The predicted molar refractivity (Wildman–Crippen MR) is 66.7 cm³/mol. The molecule has 2 amide bonds. The van der Waals surface area contributed by atoms with E-state index in [2.05, 4.69) is 41.2 Å². The Kier molecular flexibility index (Phi) is 4.48. The first-order valence-corrected chi connectivity index (χ1v) is 6.04. The molecule has 0 aliphatic heterocycles. The van der Waals surface area contributed by atoms with E-state index in [1.54, 1.807) is 0 Å². The van der Waals surface area contributed by atoms with Crippen LogP contribution in [0.4, 0.5) is 23.9 Å². The molecule has 2 rings (SSSR count). The van der Waals surface area contributed by atoms with Crippen molar-refractivity contribution < 1.29 is 18.0 Å². The molecule has 0 aromatic carbocycles. The highest BCUT2D eigenvalue weighted by atomic mass is 19.4. The SMILES string of the molecule is Cc1cc(C(F)(F)F)nc(CCNC(=O)Nc2nn[nH]n2)n1. The Balaban J connectivity index is 1.89. The van der Waals surface area contributed by atoms with Gasteiger partial charge >= 0.3 is 12.2 Å². The number of anilines is 1. The van der Waals surface area contributed by atoms with Crippen LogP contribution in [0.3, 0.4) is 0 Å². The Morgan fingerprint density at radius 1 is 1.36 bits per heavy atom. The largest absolute Gasteiger partial charge is 0.433 e. The monoisotopic (exact) mass is 316 g/mol. The van der Waals surface area contributed by atoms with Gasteiger partial charge in [-0.05, 0) is 18.2 Å². The fourth-order valence-corrected chi connectivity index (χ4v) is 1.54. The van der Waals surface area contributed by atoms with Crippen LogP contribution in [0.25, 0.3) is 0 Å². The number of hydrogen-bond donors (Lipinski definition) is 3. The van der Waals surface area contributed by atoms with Crippen molar-refractivity contribution in [2.24, 2.45) is 0 Å². The summed E-state index contributed by atoms with van der Waals surface area (Å²) in [5.74, 6) is -0.0316. The smallest absolute Gasteiger partial charge is 0.337 e. The molecule has 118 valence electrons. The second-order valence-corrected chi connectivity index (χ2v) is 4.17. The summed E-state index contributed by atoms with van der Waals surface area (Å²) in [6.45, 7) is 1.49. The number of hydrogen-bond acceptors (Lipinski definition) is 6. The van der Waals surface area contributed by atoms with Crippen molar-refractivity contribution >= 4 is 12.0 Å². The Hall–Kier alpha value is -2.79. The number of nitrogens with one attached hydrogen (secondary N) is 3. The third-order valence-corrected chi connectivity index (χ3v) is 2.40. The summed E-state index contributed by atoms with van der Waals surface area (Å²) in [6, 6.07) is 0.241. The number of aryl methyl sites for hydroxylation is 1. The van der Waals surface area contributed by atoms with E-state index in [0.29, 0.717) is 0 Å². The summed E-state index contributed by atoms with van der Waals surface area (Å²) >= 11 is 0. The molecule has 2 aromatic rings. The van der Waals surface area contributed by atoms with Gasteiger partial charge in [0.05, 0.1) is 0 Å². The maximum absolute atomic E-state index is 12.6. The zero-order chi connectivity index (χ0) is 16.2. The van der Waals surface area contributed by atoms with Gasteiger partial charge in [-0.25, -0.2) is 14.8 Å². The normalized spacial score (nSPS) is 11.3. The summed E-state index contributed by atoms with van der Waals surface area (Å²) in [6.07, 6.45) is -4.49. The molecule has 0 saturated heterocycles. The van der Waals surface area contributed by atoms with E-state index >= 15 is 0 Å². The van der Waals surface area contributed by atoms with Gasteiger partial charge in [0.1, 0.15) is 11.5 Å².